The molecular weight excluding hydrogens is 342 g/mol. The molecule has 0 saturated heterocycles. The number of para-hydroxylation sites is 1. The van der Waals surface area contributed by atoms with Gasteiger partial charge in [-0.1, -0.05) is 30.3 Å². The molecule has 1 amide bonds. The molecule has 0 aliphatic rings. The van der Waals surface area contributed by atoms with Crippen LogP contribution in [-0.4, -0.2) is 36.9 Å². The topological polar surface area (TPSA) is 92.5 Å². The van der Waals surface area contributed by atoms with Crippen LogP contribution >= 0.6 is 0 Å². The number of aryl methyl sites for hydroxylation is 3. The zero-order chi connectivity index (χ0) is 18.6. The summed E-state index contributed by atoms with van der Waals surface area (Å²) in [7, 11) is -3.86. The number of anilines is 1. The molecular formula is C17H23N3O4S. The third-order valence-electron chi connectivity index (χ3n) is 3.78. The highest BCUT2D eigenvalue weighted by atomic mass is 32.2. The molecule has 2 rings (SSSR count). The first-order chi connectivity index (χ1) is 11.8. The zero-order valence-corrected chi connectivity index (χ0v) is 15.7. The molecule has 0 saturated carbocycles. The maximum atomic E-state index is 12.9. The molecule has 1 aromatic carbocycles. The fourth-order valence-electron chi connectivity index (χ4n) is 2.57. The van der Waals surface area contributed by atoms with Crippen molar-refractivity contribution in [2.24, 2.45) is 0 Å². The predicted molar refractivity (Wildman–Crippen MR) is 94.8 cm³/mol. The van der Waals surface area contributed by atoms with Gasteiger partial charge in [0.15, 0.2) is 5.76 Å². The number of nitrogens with zero attached hydrogens (tertiary/aromatic N) is 2. The Hall–Kier alpha value is -2.19. The van der Waals surface area contributed by atoms with E-state index < -0.39 is 15.9 Å². The maximum absolute atomic E-state index is 12.9. The van der Waals surface area contributed by atoms with Crippen LogP contribution in [0.3, 0.4) is 0 Å². The van der Waals surface area contributed by atoms with Crippen LogP contribution in [0.25, 0.3) is 0 Å². The summed E-state index contributed by atoms with van der Waals surface area (Å²) in [6.07, 6.45) is 0.584. The summed E-state index contributed by atoms with van der Waals surface area (Å²) in [5, 5.41) is 6.46. The summed E-state index contributed by atoms with van der Waals surface area (Å²) in [6.45, 7) is 6.81. The van der Waals surface area contributed by atoms with E-state index in [4.69, 9.17) is 4.52 Å². The molecule has 136 valence electrons. The van der Waals surface area contributed by atoms with Gasteiger partial charge in [-0.25, -0.2) is 8.42 Å². The van der Waals surface area contributed by atoms with Crippen LogP contribution < -0.4 is 5.32 Å². The minimum absolute atomic E-state index is 0.0321. The summed E-state index contributed by atoms with van der Waals surface area (Å²) in [5.41, 5.74) is 1.86. The summed E-state index contributed by atoms with van der Waals surface area (Å²) in [6, 6.07) is 7.34. The van der Waals surface area contributed by atoms with E-state index in [9.17, 15) is 13.2 Å². The molecule has 0 fully saturated rings. The van der Waals surface area contributed by atoms with Gasteiger partial charge in [-0.3, -0.25) is 4.79 Å². The summed E-state index contributed by atoms with van der Waals surface area (Å²) in [4.78, 5) is 12.4. The van der Waals surface area contributed by atoms with E-state index in [1.165, 1.54) is 0 Å². The lowest BCUT2D eigenvalue weighted by atomic mass is 10.2. The van der Waals surface area contributed by atoms with Gasteiger partial charge in [0.2, 0.25) is 15.9 Å². The fraction of sp³-hybridized carbons (Fsp3) is 0.412. The van der Waals surface area contributed by atoms with Crippen molar-refractivity contribution in [1.29, 1.82) is 0 Å². The van der Waals surface area contributed by atoms with Gasteiger partial charge in [0.1, 0.15) is 10.6 Å². The third-order valence-corrected chi connectivity index (χ3v) is 5.87. The lowest BCUT2D eigenvalue weighted by Gasteiger charge is -2.21. The number of carbonyl (C=O) groups excluding carboxylic acids is 1. The number of carbonyl (C=O) groups is 1. The predicted octanol–water partition coefficient (Wildman–Crippen LogP) is 2.64. The number of benzene rings is 1. The van der Waals surface area contributed by atoms with Gasteiger partial charge in [0.25, 0.3) is 0 Å². The second kappa shape index (κ2) is 7.79. The van der Waals surface area contributed by atoms with Gasteiger partial charge in [0, 0.05) is 12.2 Å². The number of hydrogen-bond acceptors (Lipinski definition) is 5. The van der Waals surface area contributed by atoms with Crippen LogP contribution in [0.1, 0.15) is 30.4 Å². The van der Waals surface area contributed by atoms with E-state index in [1.54, 1.807) is 19.9 Å². The van der Waals surface area contributed by atoms with E-state index in [1.807, 2.05) is 32.0 Å². The monoisotopic (exact) mass is 365 g/mol. The van der Waals surface area contributed by atoms with Crippen LogP contribution in [0.2, 0.25) is 0 Å². The molecule has 1 heterocycles. The third kappa shape index (κ3) is 4.26. The molecule has 0 bridgehead atoms. The van der Waals surface area contributed by atoms with Crippen molar-refractivity contribution in [3.63, 3.8) is 0 Å². The number of nitrogens with one attached hydrogen (secondary N) is 1. The Labute approximate surface area is 148 Å². The largest absolute Gasteiger partial charge is 0.360 e. The Kier molecular flexibility index (Phi) is 5.97. The molecule has 8 heteroatoms. The van der Waals surface area contributed by atoms with Crippen LogP contribution in [0.15, 0.2) is 33.7 Å². The van der Waals surface area contributed by atoms with Crippen LogP contribution in [0.5, 0.6) is 0 Å². The smallest absolute Gasteiger partial charge is 0.248 e. The van der Waals surface area contributed by atoms with Crippen LogP contribution in [-0.2, 0) is 14.8 Å². The van der Waals surface area contributed by atoms with Crippen molar-refractivity contribution in [3.8, 4) is 0 Å². The summed E-state index contributed by atoms with van der Waals surface area (Å²) >= 11 is 0. The average Bonchev–Trinajstić information content (AvgIpc) is 2.88. The molecule has 25 heavy (non-hydrogen) atoms. The number of sulfonamides is 1. The molecule has 1 N–H and O–H groups in total. The molecule has 0 spiro atoms. The van der Waals surface area contributed by atoms with E-state index in [0.29, 0.717) is 12.1 Å². The Balaban J connectivity index is 2.23. The van der Waals surface area contributed by atoms with Crippen molar-refractivity contribution in [1.82, 2.24) is 9.46 Å². The van der Waals surface area contributed by atoms with Crippen molar-refractivity contribution in [2.45, 2.75) is 39.0 Å². The highest BCUT2D eigenvalue weighted by molar-refractivity contribution is 7.89. The van der Waals surface area contributed by atoms with Crippen molar-refractivity contribution in [3.05, 3.63) is 41.3 Å². The molecule has 7 nitrogen and oxygen atoms in total. The molecule has 2 aromatic rings. The van der Waals surface area contributed by atoms with E-state index in [0.717, 1.165) is 9.87 Å². The highest BCUT2D eigenvalue weighted by Crippen LogP contribution is 2.23. The maximum Gasteiger partial charge on any atom is 0.248 e. The quantitative estimate of drug-likeness (QED) is 0.814. The van der Waals surface area contributed by atoms with Gasteiger partial charge in [-0.2, -0.15) is 4.31 Å². The average molecular weight is 365 g/mol. The molecule has 0 unspecified atom stereocenters. The first-order valence-electron chi connectivity index (χ1n) is 8.05. The van der Waals surface area contributed by atoms with Gasteiger partial charge in [0.05, 0.1) is 6.54 Å². The van der Waals surface area contributed by atoms with Gasteiger partial charge < -0.3 is 9.84 Å². The van der Waals surface area contributed by atoms with Crippen molar-refractivity contribution < 1.29 is 17.7 Å². The van der Waals surface area contributed by atoms with Gasteiger partial charge in [-0.15, -0.1) is 0 Å². The SMILES string of the molecule is CCCN(CC(=O)Nc1ccccc1C)S(=O)(=O)c1c(C)noc1C. The summed E-state index contributed by atoms with van der Waals surface area (Å²) < 4.78 is 32.0. The Bertz CT molecular complexity index is 839. The fourth-order valence-corrected chi connectivity index (χ4v) is 4.35. The lowest BCUT2D eigenvalue weighted by molar-refractivity contribution is -0.116. The normalized spacial score (nSPS) is 11.7. The molecule has 0 atom stereocenters. The van der Waals surface area contributed by atoms with Crippen LogP contribution in [0, 0.1) is 20.8 Å². The lowest BCUT2D eigenvalue weighted by Crippen LogP contribution is -2.39. The van der Waals surface area contributed by atoms with Crippen molar-refractivity contribution >= 4 is 21.6 Å². The summed E-state index contributed by atoms with van der Waals surface area (Å²) in [5.74, 6) is -0.170. The Morgan fingerprint density at radius 3 is 2.48 bits per heavy atom. The highest BCUT2D eigenvalue weighted by Gasteiger charge is 2.31. The zero-order valence-electron chi connectivity index (χ0n) is 14.9. The van der Waals surface area contributed by atoms with E-state index in [2.05, 4.69) is 10.5 Å². The first-order valence-corrected chi connectivity index (χ1v) is 9.49. The van der Waals surface area contributed by atoms with Gasteiger partial charge in [-0.05, 0) is 38.8 Å². The second-order valence-corrected chi connectivity index (χ2v) is 7.73. The van der Waals surface area contributed by atoms with Crippen molar-refractivity contribution in [2.75, 3.05) is 18.4 Å². The number of amides is 1. The second-order valence-electron chi connectivity index (χ2n) is 5.85. The number of rotatable bonds is 7. The first kappa shape index (κ1) is 19.1. The Morgan fingerprint density at radius 2 is 1.92 bits per heavy atom. The molecule has 0 aliphatic carbocycles. The number of aromatic nitrogens is 1. The minimum atomic E-state index is -3.86. The van der Waals surface area contributed by atoms with E-state index >= 15 is 0 Å². The molecule has 0 aliphatic heterocycles. The van der Waals surface area contributed by atoms with E-state index in [-0.39, 0.29) is 29.4 Å². The minimum Gasteiger partial charge on any atom is -0.360 e. The van der Waals surface area contributed by atoms with Gasteiger partial charge >= 0.3 is 0 Å². The Morgan fingerprint density at radius 1 is 1.24 bits per heavy atom. The standard InChI is InChI=1S/C17H23N3O4S/c1-5-10-20(25(22,23)17-13(3)19-24-14(17)4)11-16(21)18-15-9-7-6-8-12(15)2/h6-9H,5,10-11H2,1-4H3,(H,18,21). The number of hydrogen-bond donors (Lipinski definition) is 1. The molecule has 1 aromatic heterocycles. The van der Waals surface area contributed by atoms with Crippen LogP contribution in [0.4, 0.5) is 5.69 Å². The molecule has 0 radical (unpaired) electrons.